The molecule has 0 spiro atoms. The Labute approximate surface area is 189 Å². The molecule has 2 aromatic heterocycles. The summed E-state index contributed by atoms with van der Waals surface area (Å²) in [6.45, 7) is 0.774. The molecule has 0 aliphatic rings. The van der Waals surface area contributed by atoms with Gasteiger partial charge in [-0.05, 0) is 43.3 Å². The summed E-state index contributed by atoms with van der Waals surface area (Å²) in [5.41, 5.74) is 0.527. The summed E-state index contributed by atoms with van der Waals surface area (Å²) in [6, 6.07) is 9.48. The first-order valence-electron chi connectivity index (χ1n) is 9.74. The van der Waals surface area contributed by atoms with Gasteiger partial charge in [0.25, 0.3) is 0 Å². The molecule has 33 heavy (non-hydrogen) atoms. The van der Waals surface area contributed by atoms with E-state index < -0.39 is 42.5 Å². The van der Waals surface area contributed by atoms with Gasteiger partial charge in [0.05, 0.1) is 6.61 Å². The largest absolute Gasteiger partial charge is 0.462 e. The third-order valence-corrected chi connectivity index (χ3v) is 5.76. The summed E-state index contributed by atoms with van der Waals surface area (Å²) in [5.74, 6) is -3.55. The van der Waals surface area contributed by atoms with E-state index in [1.807, 2.05) is 0 Å². The fraction of sp³-hybridized carbons (Fsp3) is 0.182. The van der Waals surface area contributed by atoms with Crippen LogP contribution in [0.3, 0.4) is 0 Å². The predicted octanol–water partition coefficient (Wildman–Crippen LogP) is 3.92. The molecule has 11 heteroatoms. The van der Waals surface area contributed by atoms with Crippen molar-refractivity contribution in [3.63, 3.8) is 0 Å². The van der Waals surface area contributed by atoms with Gasteiger partial charge in [-0.25, -0.2) is 18.4 Å². The molecule has 0 amide bonds. The van der Waals surface area contributed by atoms with Crippen molar-refractivity contribution in [2.75, 3.05) is 6.61 Å². The SMILES string of the molecule is CCOC(=O)c1sc2cccc(F)c2c1COC(=O)Cn1nc(-c2ccc(F)cc2)oc1=O. The maximum Gasteiger partial charge on any atom is 0.437 e. The lowest BCUT2D eigenvalue weighted by Gasteiger charge is -2.07. The average molecular weight is 474 g/mol. The predicted molar refractivity (Wildman–Crippen MR) is 114 cm³/mol. The summed E-state index contributed by atoms with van der Waals surface area (Å²) in [4.78, 5) is 36.8. The highest BCUT2D eigenvalue weighted by atomic mass is 32.1. The Kier molecular flexibility index (Phi) is 6.31. The van der Waals surface area contributed by atoms with Crippen molar-refractivity contribution in [2.24, 2.45) is 0 Å². The fourth-order valence-electron chi connectivity index (χ4n) is 3.10. The number of carbonyl (C=O) groups excluding carboxylic acids is 2. The number of benzene rings is 2. The highest BCUT2D eigenvalue weighted by Crippen LogP contribution is 2.34. The van der Waals surface area contributed by atoms with Crippen LogP contribution in [0.15, 0.2) is 51.7 Å². The van der Waals surface area contributed by atoms with Gasteiger partial charge in [0.15, 0.2) is 0 Å². The van der Waals surface area contributed by atoms with E-state index in [1.54, 1.807) is 13.0 Å². The number of nitrogens with zero attached hydrogens (tertiary/aromatic N) is 2. The number of thiophene rings is 1. The molecule has 0 N–H and O–H groups in total. The van der Waals surface area contributed by atoms with E-state index in [4.69, 9.17) is 13.9 Å². The number of aromatic nitrogens is 2. The summed E-state index contributed by atoms with van der Waals surface area (Å²) in [6.07, 6.45) is 0. The Morgan fingerprint density at radius 1 is 1.12 bits per heavy atom. The Bertz CT molecular complexity index is 1390. The van der Waals surface area contributed by atoms with E-state index in [0.29, 0.717) is 10.3 Å². The van der Waals surface area contributed by atoms with Crippen LogP contribution in [0.25, 0.3) is 21.5 Å². The van der Waals surface area contributed by atoms with Gasteiger partial charge < -0.3 is 13.9 Å². The maximum atomic E-state index is 14.4. The number of fused-ring (bicyclic) bond motifs is 1. The zero-order chi connectivity index (χ0) is 23.5. The van der Waals surface area contributed by atoms with E-state index in [9.17, 15) is 23.2 Å². The molecule has 0 saturated carbocycles. The van der Waals surface area contributed by atoms with E-state index in [1.165, 1.54) is 36.4 Å². The van der Waals surface area contributed by atoms with Crippen LogP contribution in [0.2, 0.25) is 0 Å². The van der Waals surface area contributed by atoms with Crippen LogP contribution in [0, 0.1) is 11.6 Å². The second-order valence-electron chi connectivity index (χ2n) is 6.74. The molecule has 8 nitrogen and oxygen atoms in total. The van der Waals surface area contributed by atoms with Gasteiger partial charge in [0, 0.05) is 21.2 Å². The van der Waals surface area contributed by atoms with Crippen LogP contribution in [-0.2, 0) is 27.4 Å². The van der Waals surface area contributed by atoms with Gasteiger partial charge in [-0.1, -0.05) is 6.07 Å². The van der Waals surface area contributed by atoms with Crippen molar-refractivity contribution in [2.45, 2.75) is 20.1 Å². The van der Waals surface area contributed by atoms with Crippen LogP contribution in [0.4, 0.5) is 8.78 Å². The molecule has 0 atom stereocenters. The minimum atomic E-state index is -0.912. The monoisotopic (exact) mass is 474 g/mol. The highest BCUT2D eigenvalue weighted by Gasteiger charge is 2.23. The number of rotatable bonds is 7. The van der Waals surface area contributed by atoms with E-state index in [-0.39, 0.29) is 28.3 Å². The summed E-state index contributed by atoms with van der Waals surface area (Å²) >= 11 is 1.03. The van der Waals surface area contributed by atoms with E-state index in [0.717, 1.165) is 16.0 Å². The number of esters is 2. The molecule has 0 bridgehead atoms. The quantitative estimate of drug-likeness (QED) is 0.374. The highest BCUT2D eigenvalue weighted by molar-refractivity contribution is 7.21. The van der Waals surface area contributed by atoms with Crippen molar-refractivity contribution in [3.8, 4) is 11.5 Å². The van der Waals surface area contributed by atoms with Crippen LogP contribution < -0.4 is 5.76 Å². The molecule has 0 saturated heterocycles. The lowest BCUT2D eigenvalue weighted by molar-refractivity contribution is -0.146. The van der Waals surface area contributed by atoms with Gasteiger partial charge in [-0.2, -0.15) is 4.68 Å². The average Bonchev–Trinajstić information content (AvgIpc) is 3.34. The van der Waals surface area contributed by atoms with Crippen LogP contribution in [0.1, 0.15) is 22.2 Å². The number of ether oxygens (including phenoxy) is 2. The Balaban J connectivity index is 1.53. The van der Waals surface area contributed by atoms with Crippen LogP contribution >= 0.6 is 11.3 Å². The van der Waals surface area contributed by atoms with Gasteiger partial charge in [-0.15, -0.1) is 16.4 Å². The third-order valence-electron chi connectivity index (χ3n) is 4.58. The maximum absolute atomic E-state index is 14.4. The van der Waals surface area contributed by atoms with Crippen molar-refractivity contribution in [3.05, 3.63) is 75.1 Å². The molecule has 4 aromatic rings. The lowest BCUT2D eigenvalue weighted by atomic mass is 10.1. The first kappa shape index (κ1) is 22.3. The fourth-order valence-corrected chi connectivity index (χ4v) is 4.22. The van der Waals surface area contributed by atoms with Crippen molar-refractivity contribution in [1.82, 2.24) is 9.78 Å². The zero-order valence-corrected chi connectivity index (χ0v) is 18.0. The first-order valence-corrected chi connectivity index (χ1v) is 10.6. The Hall–Kier alpha value is -3.86. The zero-order valence-electron chi connectivity index (χ0n) is 17.2. The summed E-state index contributed by atoms with van der Waals surface area (Å²) < 4.78 is 44.0. The number of halogens is 2. The third kappa shape index (κ3) is 4.67. The summed E-state index contributed by atoms with van der Waals surface area (Å²) in [7, 11) is 0. The molecule has 0 fully saturated rings. The molecule has 0 aliphatic carbocycles. The molecule has 170 valence electrons. The molecule has 4 rings (SSSR count). The standard InChI is InChI=1S/C22H16F2N2O6S/c1-2-30-21(28)19-14(18-15(24)4-3-5-16(18)33-19)11-31-17(27)10-26-22(29)32-20(25-26)12-6-8-13(23)9-7-12/h3-9H,2,10-11H2,1H3. The van der Waals surface area contributed by atoms with Crippen molar-refractivity contribution >= 4 is 33.4 Å². The topological polar surface area (TPSA) is 101 Å². The van der Waals surface area contributed by atoms with Crippen LogP contribution in [0.5, 0.6) is 0 Å². The summed E-state index contributed by atoms with van der Waals surface area (Å²) in [5, 5.41) is 4.07. The second kappa shape index (κ2) is 9.33. The number of hydrogen-bond acceptors (Lipinski definition) is 8. The number of hydrogen-bond donors (Lipinski definition) is 0. The van der Waals surface area contributed by atoms with Crippen molar-refractivity contribution in [1.29, 1.82) is 0 Å². The Morgan fingerprint density at radius 2 is 1.88 bits per heavy atom. The molecular weight excluding hydrogens is 458 g/mol. The lowest BCUT2D eigenvalue weighted by Crippen LogP contribution is -2.23. The molecule has 2 heterocycles. The minimum Gasteiger partial charge on any atom is -0.462 e. The second-order valence-corrected chi connectivity index (χ2v) is 7.79. The molecular formula is C22H16F2N2O6S. The minimum absolute atomic E-state index is 0.0942. The molecule has 0 radical (unpaired) electrons. The molecule has 0 aliphatic heterocycles. The van der Waals surface area contributed by atoms with Crippen molar-refractivity contribution < 1.29 is 32.3 Å². The van der Waals surface area contributed by atoms with Gasteiger partial charge in [-0.3, -0.25) is 4.79 Å². The van der Waals surface area contributed by atoms with Gasteiger partial charge in [0.2, 0.25) is 5.89 Å². The molecule has 2 aromatic carbocycles. The smallest absolute Gasteiger partial charge is 0.437 e. The normalized spacial score (nSPS) is 11.0. The first-order chi connectivity index (χ1) is 15.9. The van der Waals surface area contributed by atoms with Crippen LogP contribution in [-0.4, -0.2) is 28.3 Å². The van der Waals surface area contributed by atoms with Gasteiger partial charge >= 0.3 is 17.7 Å². The molecule has 0 unspecified atom stereocenters. The van der Waals surface area contributed by atoms with Gasteiger partial charge in [0.1, 0.15) is 29.7 Å². The van der Waals surface area contributed by atoms with E-state index >= 15 is 0 Å². The Morgan fingerprint density at radius 3 is 2.61 bits per heavy atom. The van der Waals surface area contributed by atoms with E-state index in [2.05, 4.69) is 5.10 Å². The number of carbonyl (C=O) groups is 2.